The number of rotatable bonds is 5. The maximum Gasteiger partial charge on any atom is 0.410 e. The van der Waals surface area contributed by atoms with Crippen LogP contribution in [0.15, 0.2) is 18.2 Å². The van der Waals surface area contributed by atoms with Crippen LogP contribution in [0.3, 0.4) is 0 Å². The molecule has 0 aliphatic carbocycles. The number of ether oxygens (including phenoxy) is 2. The van der Waals surface area contributed by atoms with Gasteiger partial charge in [0.25, 0.3) is 0 Å². The summed E-state index contributed by atoms with van der Waals surface area (Å²) in [6, 6.07) is 6.17. The van der Waals surface area contributed by atoms with Gasteiger partial charge in [0.15, 0.2) is 6.73 Å². The Morgan fingerprint density at radius 1 is 1.10 bits per heavy atom. The molecule has 0 radical (unpaired) electrons. The minimum atomic E-state index is -0.498. The zero-order valence-corrected chi connectivity index (χ0v) is 13.1. The van der Waals surface area contributed by atoms with Gasteiger partial charge in [-0.1, -0.05) is 19.9 Å². The highest BCUT2D eigenvalue weighted by Gasteiger charge is 2.15. The van der Waals surface area contributed by atoms with E-state index in [2.05, 4.69) is 25.2 Å². The molecule has 1 aromatic carbocycles. The molecule has 1 N–H and O–H groups in total. The van der Waals surface area contributed by atoms with E-state index in [1.807, 2.05) is 32.9 Å². The summed E-state index contributed by atoms with van der Waals surface area (Å²) < 4.78 is 10.7. The predicted octanol–water partition coefficient (Wildman–Crippen LogP) is 3.67. The SMILES string of the molecule is CCc1cc(CC)cc(OCNC(=O)OC(C)(C)C)c1. The Morgan fingerprint density at radius 2 is 1.65 bits per heavy atom. The lowest BCUT2D eigenvalue weighted by atomic mass is 10.1. The van der Waals surface area contributed by atoms with E-state index in [1.54, 1.807) is 0 Å². The van der Waals surface area contributed by atoms with Crippen molar-refractivity contribution < 1.29 is 14.3 Å². The Morgan fingerprint density at radius 3 is 2.10 bits per heavy atom. The van der Waals surface area contributed by atoms with Gasteiger partial charge in [-0.05, 0) is 56.9 Å². The minimum Gasteiger partial charge on any atom is -0.473 e. The van der Waals surface area contributed by atoms with Crippen molar-refractivity contribution in [1.82, 2.24) is 5.32 Å². The van der Waals surface area contributed by atoms with Gasteiger partial charge in [0.1, 0.15) is 11.4 Å². The maximum absolute atomic E-state index is 11.5. The van der Waals surface area contributed by atoms with E-state index in [1.165, 1.54) is 11.1 Å². The van der Waals surface area contributed by atoms with Crippen LogP contribution in [0, 0.1) is 0 Å². The summed E-state index contributed by atoms with van der Waals surface area (Å²) in [4.78, 5) is 11.5. The molecule has 0 heterocycles. The number of hydrogen-bond acceptors (Lipinski definition) is 3. The lowest BCUT2D eigenvalue weighted by Gasteiger charge is -2.19. The lowest BCUT2D eigenvalue weighted by Crippen LogP contribution is -2.34. The average Bonchev–Trinajstić information content (AvgIpc) is 2.36. The molecule has 1 rings (SSSR count). The van der Waals surface area contributed by atoms with Gasteiger partial charge in [0.05, 0.1) is 0 Å². The molecule has 0 aliphatic rings. The van der Waals surface area contributed by atoms with Crippen molar-refractivity contribution in [2.75, 3.05) is 6.73 Å². The number of amides is 1. The van der Waals surface area contributed by atoms with E-state index < -0.39 is 11.7 Å². The number of aryl methyl sites for hydroxylation is 2. The second kappa shape index (κ2) is 7.17. The summed E-state index contributed by atoms with van der Waals surface area (Å²) in [6.45, 7) is 9.79. The quantitative estimate of drug-likeness (QED) is 0.836. The highest BCUT2D eigenvalue weighted by Crippen LogP contribution is 2.18. The molecule has 1 aromatic rings. The molecule has 0 spiro atoms. The Hall–Kier alpha value is -1.71. The number of carbonyl (C=O) groups is 1. The van der Waals surface area contributed by atoms with E-state index in [0.717, 1.165) is 18.6 Å². The molecule has 4 heteroatoms. The Labute approximate surface area is 121 Å². The fraction of sp³-hybridized carbons (Fsp3) is 0.562. The Bertz CT molecular complexity index is 427. The first-order valence-electron chi connectivity index (χ1n) is 7.06. The second-order valence-corrected chi connectivity index (χ2v) is 5.66. The van der Waals surface area contributed by atoms with Gasteiger partial charge in [0, 0.05) is 0 Å². The summed E-state index contributed by atoms with van der Waals surface area (Å²) in [5.74, 6) is 0.775. The third kappa shape index (κ3) is 5.95. The molecule has 0 aromatic heterocycles. The van der Waals surface area contributed by atoms with Crippen molar-refractivity contribution in [3.63, 3.8) is 0 Å². The molecule has 0 saturated carbocycles. The van der Waals surface area contributed by atoms with Gasteiger partial charge in [0.2, 0.25) is 0 Å². The standard InChI is InChI=1S/C16H25NO3/c1-6-12-8-13(7-2)10-14(9-12)19-11-17-15(18)20-16(3,4)5/h8-10H,6-7,11H2,1-5H3,(H,17,18). The molecule has 0 fully saturated rings. The topological polar surface area (TPSA) is 47.6 Å². The first kappa shape index (κ1) is 16.3. The van der Waals surface area contributed by atoms with Crippen molar-refractivity contribution in [2.45, 2.75) is 53.1 Å². The Kier molecular flexibility index (Phi) is 5.86. The van der Waals surface area contributed by atoms with Crippen molar-refractivity contribution in [1.29, 1.82) is 0 Å². The van der Waals surface area contributed by atoms with Crippen LogP contribution in [-0.4, -0.2) is 18.4 Å². The minimum absolute atomic E-state index is 0.102. The molecular formula is C16H25NO3. The van der Waals surface area contributed by atoms with Crippen LogP contribution in [0.5, 0.6) is 5.75 Å². The smallest absolute Gasteiger partial charge is 0.410 e. The van der Waals surface area contributed by atoms with E-state index in [9.17, 15) is 4.79 Å². The van der Waals surface area contributed by atoms with Gasteiger partial charge in [-0.15, -0.1) is 0 Å². The lowest BCUT2D eigenvalue weighted by molar-refractivity contribution is 0.0485. The number of hydrogen-bond donors (Lipinski definition) is 1. The summed E-state index contributed by atoms with van der Waals surface area (Å²) in [5.41, 5.74) is 1.97. The molecule has 0 aliphatic heterocycles. The normalized spacial score (nSPS) is 11.1. The average molecular weight is 279 g/mol. The molecule has 0 saturated heterocycles. The van der Waals surface area contributed by atoms with Crippen LogP contribution in [0.4, 0.5) is 4.79 Å². The Balaban J connectivity index is 2.51. The molecule has 0 atom stereocenters. The van der Waals surface area contributed by atoms with Crippen LogP contribution in [-0.2, 0) is 17.6 Å². The fourth-order valence-electron chi connectivity index (χ4n) is 1.71. The molecule has 20 heavy (non-hydrogen) atoms. The van der Waals surface area contributed by atoms with Crippen LogP contribution in [0.25, 0.3) is 0 Å². The third-order valence-corrected chi connectivity index (χ3v) is 2.70. The first-order chi connectivity index (χ1) is 9.34. The number of nitrogens with one attached hydrogen (secondary N) is 1. The van der Waals surface area contributed by atoms with Crippen LogP contribution < -0.4 is 10.1 Å². The van der Waals surface area contributed by atoms with Crippen LogP contribution in [0.1, 0.15) is 45.7 Å². The monoisotopic (exact) mass is 279 g/mol. The maximum atomic E-state index is 11.5. The number of alkyl carbamates (subject to hydrolysis) is 1. The molecule has 0 unspecified atom stereocenters. The summed E-state index contributed by atoms with van der Waals surface area (Å²) in [6.07, 6.45) is 1.45. The second-order valence-electron chi connectivity index (χ2n) is 5.66. The summed E-state index contributed by atoms with van der Waals surface area (Å²) >= 11 is 0. The van der Waals surface area contributed by atoms with Crippen molar-refractivity contribution in [3.05, 3.63) is 29.3 Å². The summed E-state index contributed by atoms with van der Waals surface area (Å²) in [5, 5.41) is 2.58. The third-order valence-electron chi connectivity index (χ3n) is 2.70. The van der Waals surface area contributed by atoms with Gasteiger partial charge >= 0.3 is 6.09 Å². The molecular weight excluding hydrogens is 254 g/mol. The fourth-order valence-corrected chi connectivity index (χ4v) is 1.71. The molecule has 112 valence electrons. The van der Waals surface area contributed by atoms with E-state index in [-0.39, 0.29) is 6.73 Å². The van der Waals surface area contributed by atoms with Crippen molar-refractivity contribution in [3.8, 4) is 5.75 Å². The predicted molar refractivity (Wildman–Crippen MR) is 80.1 cm³/mol. The van der Waals surface area contributed by atoms with Crippen LogP contribution in [0.2, 0.25) is 0 Å². The molecule has 1 amide bonds. The van der Waals surface area contributed by atoms with Gasteiger partial charge in [-0.3, -0.25) is 5.32 Å². The zero-order valence-electron chi connectivity index (χ0n) is 13.1. The highest BCUT2D eigenvalue weighted by atomic mass is 16.6. The largest absolute Gasteiger partial charge is 0.473 e. The highest BCUT2D eigenvalue weighted by molar-refractivity contribution is 5.67. The number of carbonyl (C=O) groups excluding carboxylic acids is 1. The summed E-state index contributed by atoms with van der Waals surface area (Å²) in [7, 11) is 0. The first-order valence-corrected chi connectivity index (χ1v) is 7.06. The van der Waals surface area contributed by atoms with E-state index in [0.29, 0.717) is 0 Å². The van der Waals surface area contributed by atoms with Crippen LogP contribution >= 0.6 is 0 Å². The zero-order chi connectivity index (χ0) is 15.2. The van der Waals surface area contributed by atoms with Gasteiger partial charge < -0.3 is 9.47 Å². The van der Waals surface area contributed by atoms with Crippen molar-refractivity contribution >= 4 is 6.09 Å². The van der Waals surface area contributed by atoms with E-state index >= 15 is 0 Å². The molecule has 4 nitrogen and oxygen atoms in total. The van der Waals surface area contributed by atoms with E-state index in [4.69, 9.17) is 9.47 Å². The molecule has 0 bridgehead atoms. The van der Waals surface area contributed by atoms with Gasteiger partial charge in [-0.2, -0.15) is 0 Å². The van der Waals surface area contributed by atoms with Crippen molar-refractivity contribution in [2.24, 2.45) is 0 Å². The number of benzene rings is 1. The van der Waals surface area contributed by atoms with Gasteiger partial charge in [-0.25, -0.2) is 4.79 Å².